The van der Waals surface area contributed by atoms with Gasteiger partial charge in [0, 0.05) is 29.1 Å². The predicted molar refractivity (Wildman–Crippen MR) is 182 cm³/mol. The molecule has 4 aromatic heterocycles. The first-order valence-electron chi connectivity index (χ1n) is 17.6. The van der Waals surface area contributed by atoms with Crippen molar-refractivity contribution in [3.63, 3.8) is 0 Å². The summed E-state index contributed by atoms with van der Waals surface area (Å²) in [5.74, 6) is 2.62. The van der Waals surface area contributed by atoms with Crippen LogP contribution in [0, 0.1) is 11.3 Å². The van der Waals surface area contributed by atoms with Crippen LogP contribution in [-0.4, -0.2) is 78.8 Å². The average molecular weight is 670 g/mol. The fraction of sp³-hybridized carbons (Fsp3) is 0.629. The highest BCUT2D eigenvalue weighted by molar-refractivity contribution is 7.16. The van der Waals surface area contributed by atoms with Crippen LogP contribution in [0.4, 0.5) is 10.8 Å². The van der Waals surface area contributed by atoms with Gasteiger partial charge in [-0.15, -0.1) is 16.4 Å². The number of hydrogen-bond donors (Lipinski definition) is 2. The number of anilines is 2. The van der Waals surface area contributed by atoms with Crippen LogP contribution in [0.3, 0.4) is 0 Å². The maximum absolute atomic E-state index is 11.3. The Morgan fingerprint density at radius 1 is 1.15 bits per heavy atom. The third kappa shape index (κ3) is 4.24. The van der Waals surface area contributed by atoms with Crippen molar-refractivity contribution in [3.05, 3.63) is 27.3 Å². The molecular weight excluding hydrogens is 627 g/mol. The summed E-state index contributed by atoms with van der Waals surface area (Å²) in [6, 6.07) is 3.32. The summed E-state index contributed by atoms with van der Waals surface area (Å²) in [6.45, 7) is 7.31. The van der Waals surface area contributed by atoms with Crippen LogP contribution >= 0.6 is 11.3 Å². The highest BCUT2D eigenvalue weighted by Crippen LogP contribution is 2.55. The van der Waals surface area contributed by atoms with Gasteiger partial charge in [0.25, 0.3) is 0 Å². The van der Waals surface area contributed by atoms with Gasteiger partial charge in [-0.25, -0.2) is 14.6 Å². The van der Waals surface area contributed by atoms with Crippen LogP contribution in [0.25, 0.3) is 22.6 Å². The minimum absolute atomic E-state index is 0.0405. The maximum atomic E-state index is 11.3. The molecule has 0 radical (unpaired) electrons. The number of nitrogens with zero attached hydrogens (tertiary/aromatic N) is 8. The van der Waals surface area contributed by atoms with Gasteiger partial charge >= 0.3 is 0 Å². The summed E-state index contributed by atoms with van der Waals surface area (Å²) >= 11 is 1.55. The van der Waals surface area contributed by atoms with E-state index in [4.69, 9.17) is 35.2 Å². The number of nitrogens with two attached hydrogens (primary N) is 1. The summed E-state index contributed by atoms with van der Waals surface area (Å²) in [7, 11) is 2.20. The molecule has 0 bridgehead atoms. The lowest BCUT2D eigenvalue weighted by Crippen LogP contribution is -2.53. The number of likely N-dealkylation sites (tertiary alicyclic amines) is 1. The second-order valence-corrected chi connectivity index (χ2v) is 16.4. The van der Waals surface area contributed by atoms with Gasteiger partial charge in [-0.1, -0.05) is 5.16 Å². The van der Waals surface area contributed by atoms with Gasteiger partial charge in [-0.3, -0.25) is 4.90 Å². The Morgan fingerprint density at radius 3 is 2.73 bits per heavy atom. The summed E-state index contributed by atoms with van der Waals surface area (Å²) in [5.41, 5.74) is 9.14. The quantitative estimate of drug-likeness (QED) is 0.299. The summed E-state index contributed by atoms with van der Waals surface area (Å²) in [5, 5.41) is 32.7. The number of rotatable bonds is 3. The van der Waals surface area contributed by atoms with Gasteiger partial charge in [-0.05, 0) is 97.6 Å². The maximum Gasteiger partial charge on any atom is 0.246 e. The molecular formula is C35H43N9O3S. The Hall–Kier alpha value is -3.73. The lowest BCUT2D eigenvalue weighted by molar-refractivity contribution is 0.0321. The van der Waals surface area contributed by atoms with E-state index in [0.717, 1.165) is 91.5 Å². The van der Waals surface area contributed by atoms with Crippen molar-refractivity contribution in [2.45, 2.75) is 120 Å². The number of nitriles is 1. The van der Waals surface area contributed by atoms with E-state index in [-0.39, 0.29) is 12.1 Å². The average Bonchev–Trinajstić information content (AvgIpc) is 3.81. The number of piperidine rings is 1. The van der Waals surface area contributed by atoms with Crippen LogP contribution in [0.1, 0.15) is 106 Å². The Kier molecular flexibility index (Phi) is 6.72. The molecule has 13 heteroatoms. The minimum Gasteiger partial charge on any atom is -0.474 e. The van der Waals surface area contributed by atoms with E-state index in [1.807, 2.05) is 11.6 Å². The van der Waals surface area contributed by atoms with Gasteiger partial charge in [0.05, 0.1) is 28.7 Å². The van der Waals surface area contributed by atoms with Crippen molar-refractivity contribution in [1.29, 1.82) is 5.26 Å². The van der Waals surface area contributed by atoms with Gasteiger partial charge in [0.2, 0.25) is 5.88 Å². The zero-order valence-electron chi connectivity index (χ0n) is 28.1. The van der Waals surface area contributed by atoms with Gasteiger partial charge < -0.3 is 25.0 Å². The predicted octanol–water partition coefficient (Wildman–Crippen LogP) is 5.11. The molecule has 12 nitrogen and oxygen atoms in total. The van der Waals surface area contributed by atoms with Gasteiger partial charge in [-0.2, -0.15) is 5.26 Å². The first-order valence-corrected chi connectivity index (χ1v) is 18.4. The van der Waals surface area contributed by atoms with Crippen molar-refractivity contribution in [2.75, 3.05) is 30.8 Å². The molecule has 7 heterocycles. The van der Waals surface area contributed by atoms with E-state index >= 15 is 0 Å². The van der Waals surface area contributed by atoms with Crippen molar-refractivity contribution in [3.8, 4) is 23.5 Å². The van der Waals surface area contributed by atoms with E-state index < -0.39 is 11.0 Å². The highest BCUT2D eigenvalue weighted by Gasteiger charge is 2.49. The first kappa shape index (κ1) is 30.3. The van der Waals surface area contributed by atoms with Gasteiger partial charge in [0.15, 0.2) is 22.9 Å². The fourth-order valence-corrected chi connectivity index (χ4v) is 10.8. The topological polar surface area (TPSA) is 155 Å². The van der Waals surface area contributed by atoms with Crippen LogP contribution in [0.2, 0.25) is 0 Å². The molecule has 2 fully saturated rings. The molecule has 5 aliphatic rings. The second kappa shape index (κ2) is 10.6. The molecule has 3 N–H and O–H groups in total. The Bertz CT molecular complexity index is 1990. The molecule has 0 unspecified atom stereocenters. The molecule has 6 atom stereocenters. The number of thiophene rings is 1. The molecule has 48 heavy (non-hydrogen) atoms. The molecule has 1 spiro atoms. The van der Waals surface area contributed by atoms with E-state index in [1.54, 1.807) is 11.3 Å². The van der Waals surface area contributed by atoms with Crippen molar-refractivity contribution < 1.29 is 14.4 Å². The van der Waals surface area contributed by atoms with Crippen molar-refractivity contribution >= 4 is 33.2 Å². The molecule has 2 saturated heterocycles. The smallest absolute Gasteiger partial charge is 0.246 e. The molecule has 252 valence electrons. The van der Waals surface area contributed by atoms with Crippen molar-refractivity contribution in [2.24, 2.45) is 0 Å². The summed E-state index contributed by atoms with van der Waals surface area (Å²) in [4.78, 5) is 16.4. The highest BCUT2D eigenvalue weighted by atomic mass is 32.1. The Morgan fingerprint density at radius 2 is 1.96 bits per heavy atom. The molecule has 2 aliphatic carbocycles. The zero-order chi connectivity index (χ0) is 33.1. The first-order chi connectivity index (χ1) is 23.1. The normalized spacial score (nSPS) is 30.4. The third-order valence-corrected chi connectivity index (χ3v) is 13.3. The SMILES string of the molecule is C[C@H]1CC[C@@H]([C@H](C)n2nc3c4c(nc(-c5noc6c5CCC[C@@]65CCCc6sc(N)c(C#N)c65)nc42)N2C[C@](C)(O)CC[C@@H]2CO3)N1C. The number of fused-ring (bicyclic) bond motifs is 6. The second-order valence-electron chi connectivity index (χ2n) is 15.2. The standard InChI is InChI=1S/C35H43N9O3S/c1-18-9-10-23(42(18)4)19(2)44-32-25-31(43-17-34(3,45)14-11-20(43)16-46-33(25)40-44)38-30(39-32)27-21-7-5-12-35(28(21)47-41-27)13-6-8-24-26(35)22(15-36)29(37)48-24/h18-20,23,45H,5-14,16-17,37H2,1-4H3/t18-,19-,20+,23-,34+,35-/m0/s1. The summed E-state index contributed by atoms with van der Waals surface area (Å²) in [6.07, 6.45) is 9.14. The number of ether oxygens (including phenoxy) is 1. The zero-order valence-corrected chi connectivity index (χ0v) is 28.9. The molecule has 0 saturated carbocycles. The van der Waals surface area contributed by atoms with Crippen LogP contribution in [0.5, 0.6) is 5.88 Å². The van der Waals surface area contributed by atoms with Crippen molar-refractivity contribution in [1.82, 2.24) is 29.8 Å². The van der Waals surface area contributed by atoms with E-state index in [9.17, 15) is 10.4 Å². The minimum atomic E-state index is -0.858. The Balaban J connectivity index is 1.24. The van der Waals surface area contributed by atoms with Crippen LogP contribution < -0.4 is 15.4 Å². The van der Waals surface area contributed by atoms with E-state index in [0.29, 0.717) is 59.6 Å². The number of aryl methyl sites for hydroxylation is 1. The monoisotopic (exact) mass is 669 g/mol. The number of nitrogen functional groups attached to an aromatic ring is 1. The Labute approximate surface area is 283 Å². The van der Waals surface area contributed by atoms with Crippen LogP contribution in [0.15, 0.2) is 4.52 Å². The van der Waals surface area contributed by atoms with E-state index in [2.05, 4.69) is 36.8 Å². The van der Waals surface area contributed by atoms with Gasteiger partial charge in [0.1, 0.15) is 28.9 Å². The molecule has 4 aromatic rings. The fourth-order valence-electron chi connectivity index (χ4n) is 9.60. The van der Waals surface area contributed by atoms with E-state index in [1.165, 1.54) is 4.88 Å². The lowest BCUT2D eigenvalue weighted by atomic mass is 9.63. The largest absolute Gasteiger partial charge is 0.474 e. The number of likely N-dealkylation sites (N-methyl/N-ethyl adjacent to an activating group) is 1. The number of hydrogen-bond acceptors (Lipinski definition) is 12. The number of aromatic nitrogens is 5. The summed E-state index contributed by atoms with van der Waals surface area (Å²) < 4.78 is 14.8. The number of aliphatic hydroxyl groups is 1. The lowest BCUT2D eigenvalue weighted by Gasteiger charge is -2.42. The molecule has 0 aromatic carbocycles. The molecule has 3 aliphatic heterocycles. The molecule has 0 amide bonds. The van der Waals surface area contributed by atoms with Crippen LogP contribution in [-0.2, 0) is 18.3 Å². The third-order valence-electron chi connectivity index (χ3n) is 12.3. The molecule has 9 rings (SSSR count).